The molecular weight excluding hydrogens is 356 g/mol. The molecule has 28 heavy (non-hydrogen) atoms. The summed E-state index contributed by atoms with van der Waals surface area (Å²) >= 11 is 0. The molecule has 0 aliphatic carbocycles. The number of piperazine rings is 1. The largest absolute Gasteiger partial charge is 0.459 e. The monoisotopic (exact) mass is 388 g/mol. The summed E-state index contributed by atoms with van der Waals surface area (Å²) in [5.74, 6) is 1.80. The maximum Gasteiger partial charge on any atom is 0.289 e. The number of amides is 1. The smallest absolute Gasteiger partial charge is 0.289 e. The lowest BCUT2D eigenvalue weighted by Crippen LogP contribution is -2.50. The Labute approximate surface area is 166 Å². The number of aromatic nitrogens is 4. The van der Waals surface area contributed by atoms with E-state index in [0.717, 1.165) is 31.8 Å². The summed E-state index contributed by atoms with van der Waals surface area (Å²) in [5, 5.41) is 12.7. The fourth-order valence-electron chi connectivity index (χ4n) is 3.64. The quantitative estimate of drug-likeness (QED) is 0.725. The first-order valence-corrected chi connectivity index (χ1v) is 10.2. The first-order chi connectivity index (χ1) is 13.3. The van der Waals surface area contributed by atoms with E-state index < -0.39 is 0 Å². The van der Waals surface area contributed by atoms with Gasteiger partial charge in [-0.1, -0.05) is 20.8 Å². The first kappa shape index (κ1) is 20.5. The standard InChI is InChI=1S/C20H32N6O2/c1-6-20(4,5)26-18(21-22-23-26)16(14-15(2)3)24-9-11-25(12-10-24)19(27)17-8-7-13-28-17/h7-8,13,15-16H,6,9-12,14H2,1-5H3/t16-/m0/s1. The minimum atomic E-state index is -0.134. The maximum absolute atomic E-state index is 12.5. The molecular formula is C20H32N6O2. The Bertz CT molecular complexity index is 760. The highest BCUT2D eigenvalue weighted by Crippen LogP contribution is 2.31. The molecule has 154 valence electrons. The molecule has 1 amide bonds. The third-order valence-electron chi connectivity index (χ3n) is 5.70. The molecule has 1 aliphatic heterocycles. The van der Waals surface area contributed by atoms with Gasteiger partial charge in [-0.15, -0.1) is 5.10 Å². The van der Waals surface area contributed by atoms with Crippen LogP contribution in [0.15, 0.2) is 22.8 Å². The van der Waals surface area contributed by atoms with Gasteiger partial charge < -0.3 is 9.32 Å². The minimum Gasteiger partial charge on any atom is -0.459 e. The van der Waals surface area contributed by atoms with E-state index in [4.69, 9.17) is 4.42 Å². The third-order valence-corrected chi connectivity index (χ3v) is 5.70. The lowest BCUT2D eigenvalue weighted by molar-refractivity contribution is 0.0492. The van der Waals surface area contributed by atoms with Crippen molar-refractivity contribution in [2.45, 2.75) is 59.0 Å². The molecule has 0 N–H and O–H groups in total. The predicted molar refractivity (Wildman–Crippen MR) is 106 cm³/mol. The summed E-state index contributed by atoms with van der Waals surface area (Å²) in [7, 11) is 0. The van der Waals surface area contributed by atoms with Crippen LogP contribution in [0.1, 0.15) is 69.9 Å². The number of furan rings is 1. The molecule has 3 rings (SSSR count). The number of tetrazole rings is 1. The van der Waals surface area contributed by atoms with E-state index in [9.17, 15) is 4.79 Å². The van der Waals surface area contributed by atoms with Crippen molar-refractivity contribution in [2.75, 3.05) is 26.2 Å². The normalized spacial score (nSPS) is 17.3. The van der Waals surface area contributed by atoms with Crippen molar-refractivity contribution >= 4 is 5.91 Å². The summed E-state index contributed by atoms with van der Waals surface area (Å²) in [6.07, 6.45) is 3.47. The van der Waals surface area contributed by atoms with Gasteiger partial charge in [0.2, 0.25) is 0 Å². The molecule has 1 atom stereocenters. The van der Waals surface area contributed by atoms with E-state index in [1.165, 1.54) is 6.26 Å². The first-order valence-electron chi connectivity index (χ1n) is 10.2. The van der Waals surface area contributed by atoms with Gasteiger partial charge in [0.1, 0.15) is 0 Å². The highest BCUT2D eigenvalue weighted by molar-refractivity contribution is 5.91. The van der Waals surface area contributed by atoms with E-state index in [-0.39, 0.29) is 17.5 Å². The van der Waals surface area contributed by atoms with E-state index in [0.29, 0.717) is 24.8 Å². The summed E-state index contributed by atoms with van der Waals surface area (Å²) in [5.41, 5.74) is -0.134. The number of hydrogen-bond donors (Lipinski definition) is 0. The number of hydrogen-bond acceptors (Lipinski definition) is 6. The number of carbonyl (C=O) groups excluding carboxylic acids is 1. The minimum absolute atomic E-state index is 0.0398. The summed E-state index contributed by atoms with van der Waals surface area (Å²) in [6.45, 7) is 13.9. The van der Waals surface area contributed by atoms with E-state index in [2.05, 4.69) is 55.0 Å². The van der Waals surface area contributed by atoms with Gasteiger partial charge >= 0.3 is 0 Å². The average Bonchev–Trinajstić information content (AvgIpc) is 3.37. The van der Waals surface area contributed by atoms with Crippen molar-refractivity contribution in [1.29, 1.82) is 0 Å². The highest BCUT2D eigenvalue weighted by Gasteiger charge is 2.34. The SMILES string of the molecule is CCC(C)(C)n1nnnc1[C@H](CC(C)C)N1CCN(C(=O)c2ccco2)CC1. The topological polar surface area (TPSA) is 80.3 Å². The van der Waals surface area contributed by atoms with Crippen molar-refractivity contribution in [3.05, 3.63) is 30.0 Å². The molecule has 3 heterocycles. The zero-order chi connectivity index (χ0) is 20.3. The zero-order valence-electron chi connectivity index (χ0n) is 17.6. The Balaban J connectivity index is 1.76. The lowest BCUT2D eigenvalue weighted by atomic mass is 9.98. The van der Waals surface area contributed by atoms with Crippen molar-refractivity contribution < 1.29 is 9.21 Å². The second-order valence-corrected chi connectivity index (χ2v) is 8.57. The van der Waals surface area contributed by atoms with E-state index >= 15 is 0 Å². The summed E-state index contributed by atoms with van der Waals surface area (Å²) in [4.78, 5) is 16.8. The van der Waals surface area contributed by atoms with Crippen LogP contribution in [-0.2, 0) is 5.54 Å². The Kier molecular flexibility index (Phi) is 6.17. The second-order valence-electron chi connectivity index (χ2n) is 8.57. The van der Waals surface area contributed by atoms with E-state index in [1.54, 1.807) is 12.1 Å². The van der Waals surface area contributed by atoms with Gasteiger partial charge in [-0.25, -0.2) is 4.68 Å². The van der Waals surface area contributed by atoms with Crippen molar-refractivity contribution in [3.8, 4) is 0 Å². The predicted octanol–water partition coefficient (Wildman–Crippen LogP) is 2.96. The van der Waals surface area contributed by atoms with Crippen LogP contribution in [0.25, 0.3) is 0 Å². The fraction of sp³-hybridized carbons (Fsp3) is 0.700. The van der Waals surface area contributed by atoms with Gasteiger partial charge in [0.15, 0.2) is 11.6 Å². The molecule has 0 unspecified atom stereocenters. The van der Waals surface area contributed by atoms with Crippen LogP contribution in [0.4, 0.5) is 0 Å². The Hall–Kier alpha value is -2.22. The van der Waals surface area contributed by atoms with Crippen LogP contribution in [0.5, 0.6) is 0 Å². The van der Waals surface area contributed by atoms with Gasteiger partial charge in [-0.3, -0.25) is 9.69 Å². The van der Waals surface area contributed by atoms with Crippen molar-refractivity contribution in [2.24, 2.45) is 5.92 Å². The van der Waals surface area contributed by atoms with Crippen LogP contribution < -0.4 is 0 Å². The molecule has 2 aromatic rings. The number of nitrogens with zero attached hydrogens (tertiary/aromatic N) is 6. The average molecular weight is 389 g/mol. The molecule has 1 aliphatic rings. The van der Waals surface area contributed by atoms with Crippen LogP contribution in [-0.4, -0.2) is 62.1 Å². The van der Waals surface area contributed by atoms with Crippen LogP contribution in [0, 0.1) is 5.92 Å². The molecule has 0 aromatic carbocycles. The van der Waals surface area contributed by atoms with Crippen LogP contribution in [0.3, 0.4) is 0 Å². The number of rotatable bonds is 7. The molecule has 1 fully saturated rings. The third kappa shape index (κ3) is 4.27. The number of carbonyl (C=O) groups is 1. The molecule has 0 spiro atoms. The van der Waals surface area contributed by atoms with Gasteiger partial charge in [0.05, 0.1) is 17.8 Å². The Morgan fingerprint density at radius 1 is 1.25 bits per heavy atom. The summed E-state index contributed by atoms with van der Waals surface area (Å²) in [6, 6.07) is 3.61. The van der Waals surface area contributed by atoms with Crippen molar-refractivity contribution in [1.82, 2.24) is 30.0 Å². The molecule has 0 saturated carbocycles. The van der Waals surface area contributed by atoms with Crippen LogP contribution in [0.2, 0.25) is 0 Å². The van der Waals surface area contributed by atoms with Gasteiger partial charge in [-0.05, 0) is 55.2 Å². The second kappa shape index (κ2) is 8.43. The van der Waals surface area contributed by atoms with Gasteiger partial charge in [0.25, 0.3) is 5.91 Å². The van der Waals surface area contributed by atoms with E-state index in [1.807, 2.05) is 9.58 Å². The van der Waals surface area contributed by atoms with Gasteiger partial charge in [0, 0.05) is 26.2 Å². The lowest BCUT2D eigenvalue weighted by Gasteiger charge is -2.39. The van der Waals surface area contributed by atoms with Gasteiger partial charge in [-0.2, -0.15) is 0 Å². The molecule has 0 radical (unpaired) electrons. The summed E-state index contributed by atoms with van der Waals surface area (Å²) < 4.78 is 7.25. The Morgan fingerprint density at radius 2 is 1.96 bits per heavy atom. The van der Waals surface area contributed by atoms with Crippen molar-refractivity contribution in [3.63, 3.8) is 0 Å². The highest BCUT2D eigenvalue weighted by atomic mass is 16.3. The Morgan fingerprint density at radius 3 is 2.54 bits per heavy atom. The maximum atomic E-state index is 12.5. The molecule has 8 nitrogen and oxygen atoms in total. The molecule has 1 saturated heterocycles. The molecule has 0 bridgehead atoms. The fourth-order valence-corrected chi connectivity index (χ4v) is 3.64. The molecule has 2 aromatic heterocycles. The zero-order valence-corrected chi connectivity index (χ0v) is 17.6. The van der Waals surface area contributed by atoms with Crippen LogP contribution >= 0.6 is 0 Å². The molecule has 8 heteroatoms.